The Labute approximate surface area is 149 Å². The predicted octanol–water partition coefficient (Wildman–Crippen LogP) is 3.06. The number of H-pyrrole nitrogens is 1. The lowest BCUT2D eigenvalue weighted by Gasteiger charge is -2.09. The maximum atomic E-state index is 14.0. The molecule has 0 saturated heterocycles. The van der Waals surface area contributed by atoms with Gasteiger partial charge in [-0.1, -0.05) is 30.3 Å². The lowest BCUT2D eigenvalue weighted by molar-refractivity contribution is 0.103. The van der Waals surface area contributed by atoms with E-state index in [0.717, 1.165) is 18.3 Å². The molecule has 2 N–H and O–H groups in total. The first-order valence-electron chi connectivity index (χ1n) is 7.41. The van der Waals surface area contributed by atoms with E-state index in [9.17, 15) is 17.6 Å². The number of rotatable bonds is 5. The molecule has 8 heteroatoms. The number of halogens is 1. The zero-order chi connectivity index (χ0) is 18.7. The Balaban J connectivity index is 1.96. The standard InChI is InChI=1S/C18H12FN3O3S/c19-15-8-12(9-20)6-7-16(15)22-26(24,25)17-11-21-10-14(17)18(23)13-4-2-1-3-5-13/h1-8,10-11,21-22H. The maximum Gasteiger partial charge on any atom is 0.264 e. The Morgan fingerprint density at radius 3 is 2.50 bits per heavy atom. The first kappa shape index (κ1) is 17.4. The van der Waals surface area contributed by atoms with Gasteiger partial charge in [-0.25, -0.2) is 12.8 Å². The van der Waals surface area contributed by atoms with E-state index < -0.39 is 21.6 Å². The van der Waals surface area contributed by atoms with Gasteiger partial charge in [-0.05, 0) is 18.2 Å². The van der Waals surface area contributed by atoms with E-state index in [1.54, 1.807) is 36.4 Å². The highest BCUT2D eigenvalue weighted by Crippen LogP contribution is 2.24. The number of nitrogens with zero attached hydrogens (tertiary/aromatic N) is 1. The van der Waals surface area contributed by atoms with Crippen LogP contribution in [-0.2, 0) is 10.0 Å². The number of anilines is 1. The van der Waals surface area contributed by atoms with Crippen molar-refractivity contribution in [1.29, 1.82) is 5.26 Å². The fourth-order valence-electron chi connectivity index (χ4n) is 2.36. The second kappa shape index (κ2) is 6.82. The van der Waals surface area contributed by atoms with Crippen molar-refractivity contribution in [2.24, 2.45) is 0 Å². The average Bonchev–Trinajstić information content (AvgIpc) is 3.14. The van der Waals surface area contributed by atoms with Gasteiger partial charge in [0.1, 0.15) is 10.7 Å². The number of carbonyl (C=O) groups is 1. The van der Waals surface area contributed by atoms with Crippen LogP contribution in [-0.4, -0.2) is 19.2 Å². The molecule has 0 bridgehead atoms. The minimum atomic E-state index is -4.22. The van der Waals surface area contributed by atoms with E-state index in [1.807, 2.05) is 0 Å². The van der Waals surface area contributed by atoms with Gasteiger partial charge < -0.3 is 4.98 Å². The number of aromatic nitrogens is 1. The van der Waals surface area contributed by atoms with E-state index in [-0.39, 0.29) is 21.7 Å². The second-order valence-corrected chi connectivity index (χ2v) is 6.99. The van der Waals surface area contributed by atoms with Gasteiger partial charge in [-0.2, -0.15) is 5.26 Å². The van der Waals surface area contributed by atoms with Gasteiger partial charge in [0.25, 0.3) is 10.0 Å². The second-order valence-electron chi connectivity index (χ2n) is 5.34. The van der Waals surface area contributed by atoms with E-state index in [1.165, 1.54) is 12.3 Å². The third-order valence-electron chi connectivity index (χ3n) is 3.62. The first-order chi connectivity index (χ1) is 12.4. The van der Waals surface area contributed by atoms with Gasteiger partial charge in [0.05, 0.1) is 22.9 Å². The van der Waals surface area contributed by atoms with E-state index in [2.05, 4.69) is 9.71 Å². The molecule has 0 unspecified atom stereocenters. The smallest absolute Gasteiger partial charge is 0.264 e. The van der Waals surface area contributed by atoms with Crippen LogP contribution in [0.25, 0.3) is 0 Å². The fourth-order valence-corrected chi connectivity index (χ4v) is 3.59. The van der Waals surface area contributed by atoms with Crippen molar-refractivity contribution in [3.63, 3.8) is 0 Å². The van der Waals surface area contributed by atoms with Gasteiger partial charge in [0.2, 0.25) is 0 Å². The third-order valence-corrected chi connectivity index (χ3v) is 5.03. The van der Waals surface area contributed by atoms with Crippen molar-refractivity contribution in [3.8, 4) is 6.07 Å². The first-order valence-corrected chi connectivity index (χ1v) is 8.89. The summed E-state index contributed by atoms with van der Waals surface area (Å²) in [5.41, 5.74) is 0.0150. The fraction of sp³-hybridized carbons (Fsp3) is 0. The Morgan fingerprint density at radius 2 is 1.85 bits per heavy atom. The van der Waals surface area contributed by atoms with Crippen LogP contribution in [0.3, 0.4) is 0 Å². The summed E-state index contributed by atoms with van der Waals surface area (Å²) in [4.78, 5) is 14.9. The number of hydrogen-bond donors (Lipinski definition) is 2. The van der Waals surface area contributed by atoms with Crippen LogP contribution >= 0.6 is 0 Å². The summed E-state index contributed by atoms with van der Waals surface area (Å²) in [5.74, 6) is -1.37. The van der Waals surface area contributed by atoms with Crippen LogP contribution in [0.2, 0.25) is 0 Å². The number of carbonyl (C=O) groups excluding carboxylic acids is 1. The van der Waals surface area contributed by atoms with E-state index in [4.69, 9.17) is 5.26 Å². The van der Waals surface area contributed by atoms with Crippen LogP contribution in [0.5, 0.6) is 0 Å². The highest BCUT2D eigenvalue weighted by atomic mass is 32.2. The normalized spacial score (nSPS) is 10.9. The van der Waals surface area contributed by atoms with Crippen molar-refractivity contribution >= 4 is 21.5 Å². The van der Waals surface area contributed by atoms with Crippen molar-refractivity contribution in [2.75, 3.05) is 4.72 Å². The summed E-state index contributed by atoms with van der Waals surface area (Å²) in [6.45, 7) is 0. The molecule has 3 rings (SSSR count). The van der Waals surface area contributed by atoms with E-state index >= 15 is 0 Å². The van der Waals surface area contributed by atoms with Crippen molar-refractivity contribution in [2.45, 2.75) is 4.90 Å². The molecule has 0 amide bonds. The SMILES string of the molecule is N#Cc1ccc(NS(=O)(=O)c2c[nH]cc2C(=O)c2ccccc2)c(F)c1. The molecule has 0 fully saturated rings. The molecule has 0 aliphatic rings. The molecular formula is C18H12FN3O3S. The minimum Gasteiger partial charge on any atom is -0.366 e. The zero-order valence-electron chi connectivity index (χ0n) is 13.2. The predicted molar refractivity (Wildman–Crippen MR) is 92.6 cm³/mol. The average molecular weight is 369 g/mol. The molecule has 130 valence electrons. The third kappa shape index (κ3) is 3.34. The molecule has 0 atom stereocenters. The maximum absolute atomic E-state index is 14.0. The lowest BCUT2D eigenvalue weighted by Crippen LogP contribution is -2.16. The molecule has 1 heterocycles. The molecule has 0 spiro atoms. The number of nitriles is 1. The van der Waals surface area contributed by atoms with Crippen molar-refractivity contribution < 1.29 is 17.6 Å². The Bertz CT molecular complexity index is 1120. The molecule has 0 aliphatic carbocycles. The van der Waals surface area contributed by atoms with Crippen molar-refractivity contribution in [1.82, 2.24) is 4.98 Å². The summed E-state index contributed by atoms with van der Waals surface area (Å²) in [5, 5.41) is 8.74. The van der Waals surface area contributed by atoms with Gasteiger partial charge in [-0.3, -0.25) is 9.52 Å². The largest absolute Gasteiger partial charge is 0.366 e. The summed E-state index contributed by atoms with van der Waals surface area (Å²) >= 11 is 0. The molecule has 0 saturated carbocycles. The molecule has 3 aromatic rings. The summed E-state index contributed by atoms with van der Waals surface area (Å²) in [6, 6.07) is 13.3. The Hall–Kier alpha value is -3.44. The quantitative estimate of drug-likeness (QED) is 0.675. The molecule has 1 aromatic heterocycles. The number of nitrogens with one attached hydrogen (secondary N) is 2. The molecule has 6 nitrogen and oxygen atoms in total. The highest BCUT2D eigenvalue weighted by molar-refractivity contribution is 7.92. The molecule has 2 aromatic carbocycles. The minimum absolute atomic E-state index is 0.0576. The van der Waals surface area contributed by atoms with Gasteiger partial charge in [-0.15, -0.1) is 0 Å². The Morgan fingerprint density at radius 1 is 1.12 bits per heavy atom. The van der Waals surface area contributed by atoms with Gasteiger partial charge in [0.15, 0.2) is 5.78 Å². The number of ketones is 1. The topological polar surface area (TPSA) is 103 Å². The summed E-state index contributed by atoms with van der Waals surface area (Å²) < 4.78 is 41.3. The number of aromatic amines is 1. The lowest BCUT2D eigenvalue weighted by atomic mass is 10.1. The molecular weight excluding hydrogens is 357 g/mol. The monoisotopic (exact) mass is 369 g/mol. The van der Waals surface area contributed by atoms with Crippen LogP contribution in [0.1, 0.15) is 21.5 Å². The zero-order valence-corrected chi connectivity index (χ0v) is 14.0. The molecule has 26 heavy (non-hydrogen) atoms. The van der Waals surface area contributed by atoms with Crippen LogP contribution in [0.15, 0.2) is 65.8 Å². The van der Waals surface area contributed by atoms with Crippen LogP contribution < -0.4 is 4.72 Å². The molecule has 0 radical (unpaired) electrons. The number of sulfonamides is 1. The number of benzene rings is 2. The molecule has 0 aliphatic heterocycles. The Kier molecular flexibility index (Phi) is 4.56. The van der Waals surface area contributed by atoms with E-state index in [0.29, 0.717) is 5.56 Å². The van der Waals surface area contributed by atoms with Crippen LogP contribution in [0, 0.1) is 17.1 Å². The van der Waals surface area contributed by atoms with Gasteiger partial charge >= 0.3 is 0 Å². The van der Waals surface area contributed by atoms with Crippen molar-refractivity contribution in [3.05, 3.63) is 83.4 Å². The van der Waals surface area contributed by atoms with Crippen LogP contribution in [0.4, 0.5) is 10.1 Å². The summed E-state index contributed by atoms with van der Waals surface area (Å²) in [6.07, 6.45) is 2.43. The highest BCUT2D eigenvalue weighted by Gasteiger charge is 2.25. The summed E-state index contributed by atoms with van der Waals surface area (Å²) in [7, 11) is -4.22. The van der Waals surface area contributed by atoms with Gasteiger partial charge in [0, 0.05) is 18.0 Å². The number of hydrogen-bond acceptors (Lipinski definition) is 4.